The standard InChI is InChI=1S/C20H33N3O3S.HI/c1-20(2)17-23(13-16-27(20,24)25)19(21-3)22-12-7-8-14-26-15-11-18-9-5-4-6-10-18;/h4-6,9-10H,7-8,11-17H2,1-3H3,(H,21,22);1H. The molecule has 0 aliphatic carbocycles. The maximum absolute atomic E-state index is 12.1. The van der Waals surface area contributed by atoms with Crippen molar-refractivity contribution in [1.29, 1.82) is 0 Å². The van der Waals surface area contributed by atoms with E-state index in [9.17, 15) is 8.42 Å². The van der Waals surface area contributed by atoms with Crippen LogP contribution in [0.3, 0.4) is 0 Å². The number of unbranched alkanes of at least 4 members (excludes halogenated alkanes) is 1. The predicted molar refractivity (Wildman–Crippen MR) is 126 cm³/mol. The van der Waals surface area contributed by atoms with Crippen LogP contribution in [0.25, 0.3) is 0 Å². The summed E-state index contributed by atoms with van der Waals surface area (Å²) in [5, 5.41) is 3.35. The van der Waals surface area contributed by atoms with Crippen molar-refractivity contribution in [2.45, 2.75) is 37.9 Å². The lowest BCUT2D eigenvalue weighted by Crippen LogP contribution is -2.57. The number of hydrogen-bond acceptors (Lipinski definition) is 4. The molecule has 2 rings (SSSR count). The van der Waals surface area contributed by atoms with Crippen molar-refractivity contribution in [2.24, 2.45) is 4.99 Å². The van der Waals surface area contributed by atoms with Gasteiger partial charge in [0.25, 0.3) is 0 Å². The molecule has 0 radical (unpaired) electrons. The summed E-state index contributed by atoms with van der Waals surface area (Å²) in [6.45, 7) is 6.84. The molecule has 0 atom stereocenters. The molecule has 8 heteroatoms. The first-order chi connectivity index (χ1) is 12.9. The quantitative estimate of drug-likeness (QED) is 0.246. The molecule has 1 saturated heterocycles. The minimum atomic E-state index is -3.03. The Kier molecular flexibility index (Phi) is 10.8. The van der Waals surface area contributed by atoms with Gasteiger partial charge in [-0.05, 0) is 38.7 Å². The number of aliphatic imine (C=N–C) groups is 1. The zero-order valence-electron chi connectivity index (χ0n) is 17.2. The molecule has 1 heterocycles. The van der Waals surface area contributed by atoms with Gasteiger partial charge < -0.3 is 15.0 Å². The van der Waals surface area contributed by atoms with E-state index in [4.69, 9.17) is 4.74 Å². The van der Waals surface area contributed by atoms with Gasteiger partial charge in [0.05, 0.1) is 17.1 Å². The summed E-state index contributed by atoms with van der Waals surface area (Å²) >= 11 is 0. The van der Waals surface area contributed by atoms with E-state index < -0.39 is 14.6 Å². The highest BCUT2D eigenvalue weighted by molar-refractivity contribution is 14.0. The second kappa shape index (κ2) is 12.0. The SMILES string of the molecule is CN=C(NCCCCOCCc1ccccc1)N1CCS(=O)(=O)C(C)(C)C1.I. The van der Waals surface area contributed by atoms with Gasteiger partial charge in [-0.15, -0.1) is 24.0 Å². The predicted octanol–water partition coefficient (Wildman–Crippen LogP) is 2.73. The van der Waals surface area contributed by atoms with E-state index in [0.717, 1.165) is 45.0 Å². The molecule has 0 unspecified atom stereocenters. The number of nitrogens with zero attached hydrogens (tertiary/aromatic N) is 2. The van der Waals surface area contributed by atoms with Crippen LogP contribution in [-0.2, 0) is 21.0 Å². The van der Waals surface area contributed by atoms with Crippen molar-refractivity contribution < 1.29 is 13.2 Å². The Hall–Kier alpha value is -0.870. The minimum absolute atomic E-state index is 0. The van der Waals surface area contributed by atoms with Crippen LogP contribution < -0.4 is 5.32 Å². The third-order valence-corrected chi connectivity index (χ3v) is 7.46. The lowest BCUT2D eigenvalue weighted by molar-refractivity contribution is 0.133. The molecular formula is C20H34IN3O3S. The van der Waals surface area contributed by atoms with Crippen LogP contribution in [0.2, 0.25) is 0 Å². The summed E-state index contributed by atoms with van der Waals surface area (Å²) in [7, 11) is -1.29. The van der Waals surface area contributed by atoms with Crippen LogP contribution in [0.15, 0.2) is 35.3 Å². The first kappa shape index (κ1) is 25.2. The van der Waals surface area contributed by atoms with Crippen LogP contribution in [0.4, 0.5) is 0 Å². The monoisotopic (exact) mass is 523 g/mol. The van der Waals surface area contributed by atoms with Crippen LogP contribution >= 0.6 is 24.0 Å². The average molecular weight is 523 g/mol. The first-order valence-corrected chi connectivity index (χ1v) is 11.3. The van der Waals surface area contributed by atoms with Gasteiger partial charge in [0, 0.05) is 33.3 Å². The van der Waals surface area contributed by atoms with Crippen LogP contribution in [0.1, 0.15) is 32.3 Å². The molecule has 160 valence electrons. The number of benzene rings is 1. The molecule has 1 aliphatic heterocycles. The maximum Gasteiger partial charge on any atom is 0.193 e. The number of sulfone groups is 1. The average Bonchev–Trinajstić information content (AvgIpc) is 2.64. The van der Waals surface area contributed by atoms with Gasteiger partial charge in [-0.1, -0.05) is 30.3 Å². The number of nitrogens with one attached hydrogen (secondary N) is 1. The van der Waals surface area contributed by atoms with E-state index in [1.807, 2.05) is 23.1 Å². The fraction of sp³-hybridized carbons (Fsp3) is 0.650. The molecule has 1 N–H and O–H groups in total. The van der Waals surface area contributed by atoms with Gasteiger partial charge in [-0.25, -0.2) is 8.42 Å². The Morgan fingerprint density at radius 2 is 1.93 bits per heavy atom. The largest absolute Gasteiger partial charge is 0.381 e. The molecule has 1 fully saturated rings. The Bertz CT molecular complexity index is 709. The van der Waals surface area contributed by atoms with E-state index in [2.05, 4.69) is 22.4 Å². The summed E-state index contributed by atoms with van der Waals surface area (Å²) in [6.07, 6.45) is 2.91. The van der Waals surface area contributed by atoms with Crippen molar-refractivity contribution in [3.63, 3.8) is 0 Å². The van der Waals surface area contributed by atoms with Gasteiger partial charge >= 0.3 is 0 Å². The molecule has 1 aliphatic rings. The maximum atomic E-state index is 12.1. The van der Waals surface area contributed by atoms with Crippen molar-refractivity contribution in [1.82, 2.24) is 10.2 Å². The summed E-state index contributed by atoms with van der Waals surface area (Å²) in [5.41, 5.74) is 1.30. The Balaban J connectivity index is 0.00000392. The van der Waals surface area contributed by atoms with Crippen molar-refractivity contribution >= 4 is 39.8 Å². The first-order valence-electron chi connectivity index (χ1n) is 9.65. The molecule has 1 aromatic carbocycles. The number of rotatable bonds is 8. The van der Waals surface area contributed by atoms with Gasteiger partial charge in [0.15, 0.2) is 15.8 Å². The van der Waals surface area contributed by atoms with Crippen LogP contribution in [0.5, 0.6) is 0 Å². The number of hydrogen-bond donors (Lipinski definition) is 1. The highest BCUT2D eigenvalue weighted by Gasteiger charge is 2.40. The van der Waals surface area contributed by atoms with Gasteiger partial charge in [-0.2, -0.15) is 0 Å². The fourth-order valence-electron chi connectivity index (χ4n) is 3.12. The Morgan fingerprint density at radius 1 is 1.21 bits per heavy atom. The second-order valence-electron chi connectivity index (χ2n) is 7.53. The molecule has 0 spiro atoms. The second-order valence-corrected chi connectivity index (χ2v) is 10.3. The summed E-state index contributed by atoms with van der Waals surface area (Å²) in [5.74, 6) is 0.957. The van der Waals surface area contributed by atoms with Gasteiger partial charge in [0.2, 0.25) is 0 Å². The molecule has 0 aromatic heterocycles. The van der Waals surface area contributed by atoms with E-state index in [-0.39, 0.29) is 29.7 Å². The van der Waals surface area contributed by atoms with E-state index >= 15 is 0 Å². The third kappa shape index (κ3) is 7.51. The van der Waals surface area contributed by atoms with Crippen molar-refractivity contribution in [3.8, 4) is 0 Å². The summed E-state index contributed by atoms with van der Waals surface area (Å²) in [4.78, 5) is 6.35. The molecule has 28 heavy (non-hydrogen) atoms. The van der Waals surface area contributed by atoms with Gasteiger partial charge in [0.1, 0.15) is 0 Å². The molecule has 6 nitrogen and oxygen atoms in total. The van der Waals surface area contributed by atoms with Gasteiger partial charge in [-0.3, -0.25) is 4.99 Å². The summed E-state index contributed by atoms with van der Waals surface area (Å²) in [6, 6.07) is 10.4. The topological polar surface area (TPSA) is 71.0 Å². The molecule has 0 saturated carbocycles. The van der Waals surface area contributed by atoms with Crippen LogP contribution in [-0.4, -0.2) is 69.7 Å². The zero-order chi connectivity index (χ0) is 19.8. The molecular weight excluding hydrogens is 489 g/mol. The molecule has 0 amide bonds. The van der Waals surface area contributed by atoms with E-state index in [0.29, 0.717) is 13.1 Å². The Labute approximate surface area is 187 Å². The Morgan fingerprint density at radius 3 is 2.57 bits per heavy atom. The fourth-order valence-corrected chi connectivity index (χ4v) is 4.49. The number of ether oxygens (including phenoxy) is 1. The lowest BCUT2D eigenvalue weighted by atomic mass is 10.2. The smallest absolute Gasteiger partial charge is 0.193 e. The van der Waals surface area contributed by atoms with Crippen molar-refractivity contribution in [3.05, 3.63) is 35.9 Å². The number of halogens is 1. The van der Waals surface area contributed by atoms with E-state index in [1.165, 1.54) is 5.56 Å². The molecule has 0 bridgehead atoms. The highest BCUT2D eigenvalue weighted by atomic mass is 127. The molecule has 1 aromatic rings. The normalized spacial score (nSPS) is 18.4. The summed E-state index contributed by atoms with van der Waals surface area (Å²) < 4.78 is 29.2. The third-order valence-electron chi connectivity index (χ3n) is 4.93. The number of guanidine groups is 1. The lowest BCUT2D eigenvalue weighted by Gasteiger charge is -2.39. The van der Waals surface area contributed by atoms with Crippen molar-refractivity contribution in [2.75, 3.05) is 45.6 Å². The van der Waals surface area contributed by atoms with E-state index in [1.54, 1.807) is 20.9 Å². The highest BCUT2D eigenvalue weighted by Crippen LogP contribution is 2.23. The zero-order valence-corrected chi connectivity index (χ0v) is 20.3. The van der Waals surface area contributed by atoms with Crippen LogP contribution in [0, 0.1) is 0 Å². The minimum Gasteiger partial charge on any atom is -0.381 e.